The van der Waals surface area contributed by atoms with Crippen molar-refractivity contribution < 1.29 is 0 Å². The van der Waals surface area contributed by atoms with E-state index in [1.807, 2.05) is 6.20 Å². The predicted molar refractivity (Wildman–Crippen MR) is 67.6 cm³/mol. The number of halogens is 1. The summed E-state index contributed by atoms with van der Waals surface area (Å²) in [6, 6.07) is 0.535. The van der Waals surface area contributed by atoms with Gasteiger partial charge in [0.05, 0.1) is 15.8 Å². The zero-order valence-corrected chi connectivity index (χ0v) is 10.7. The summed E-state index contributed by atoms with van der Waals surface area (Å²) >= 11 is 2.25. The van der Waals surface area contributed by atoms with Crippen molar-refractivity contribution in [3.63, 3.8) is 0 Å². The van der Waals surface area contributed by atoms with Gasteiger partial charge in [-0.2, -0.15) is 5.10 Å². The molecular weight excluding hydrogens is 303 g/mol. The lowest BCUT2D eigenvalue weighted by Crippen LogP contribution is -2.34. The van der Waals surface area contributed by atoms with Gasteiger partial charge in [0.2, 0.25) is 0 Å². The van der Waals surface area contributed by atoms with E-state index >= 15 is 0 Å². The van der Waals surface area contributed by atoms with Crippen LogP contribution in [0.2, 0.25) is 0 Å². The van der Waals surface area contributed by atoms with Crippen LogP contribution in [0.5, 0.6) is 0 Å². The van der Waals surface area contributed by atoms with Crippen LogP contribution >= 0.6 is 22.6 Å². The van der Waals surface area contributed by atoms with E-state index in [1.165, 1.54) is 32.5 Å². The third-order valence-electron chi connectivity index (χ3n) is 3.70. The van der Waals surface area contributed by atoms with Crippen LogP contribution in [0, 0.1) is 9.49 Å². The first kappa shape index (κ1) is 9.89. The molecule has 1 aromatic rings. The number of nitrogens with zero attached hydrogens (tertiary/aromatic N) is 3. The van der Waals surface area contributed by atoms with Crippen molar-refractivity contribution in [2.24, 2.45) is 5.92 Å². The smallest absolute Gasteiger partial charge is 0.135 e. The van der Waals surface area contributed by atoms with E-state index in [4.69, 9.17) is 5.73 Å². The molecule has 2 aliphatic rings. The van der Waals surface area contributed by atoms with Crippen LogP contribution in [0.15, 0.2) is 6.20 Å². The molecule has 5 heteroatoms. The number of nitrogen functional groups attached to an aromatic ring is 1. The Kier molecular flexibility index (Phi) is 2.39. The quantitative estimate of drug-likeness (QED) is 0.795. The summed E-state index contributed by atoms with van der Waals surface area (Å²) in [5, 5.41) is 4.42. The van der Waals surface area contributed by atoms with Crippen LogP contribution < -0.4 is 5.73 Å². The van der Waals surface area contributed by atoms with Gasteiger partial charge in [0.1, 0.15) is 5.82 Å². The Morgan fingerprint density at radius 2 is 2.20 bits per heavy atom. The first-order valence-corrected chi connectivity index (χ1v) is 6.54. The molecule has 0 spiro atoms. The van der Waals surface area contributed by atoms with Crippen LogP contribution in [0.3, 0.4) is 0 Å². The highest BCUT2D eigenvalue weighted by Crippen LogP contribution is 2.36. The van der Waals surface area contributed by atoms with Gasteiger partial charge < -0.3 is 10.6 Å². The van der Waals surface area contributed by atoms with Gasteiger partial charge in [-0.05, 0) is 47.9 Å². The zero-order valence-electron chi connectivity index (χ0n) is 8.56. The van der Waals surface area contributed by atoms with Crippen molar-refractivity contribution in [3.05, 3.63) is 9.77 Å². The van der Waals surface area contributed by atoms with E-state index in [0.29, 0.717) is 6.04 Å². The van der Waals surface area contributed by atoms with Crippen molar-refractivity contribution in [1.29, 1.82) is 0 Å². The van der Waals surface area contributed by atoms with Crippen molar-refractivity contribution >= 4 is 28.4 Å². The molecule has 0 saturated carbocycles. The number of anilines is 1. The normalized spacial score (nSPS) is 34.6. The molecule has 3 rings (SSSR count). The van der Waals surface area contributed by atoms with E-state index < -0.39 is 0 Å². The lowest BCUT2D eigenvalue weighted by Gasteiger charge is -2.31. The van der Waals surface area contributed by atoms with Crippen molar-refractivity contribution in [2.45, 2.75) is 18.9 Å². The van der Waals surface area contributed by atoms with Crippen LogP contribution in [-0.4, -0.2) is 34.3 Å². The van der Waals surface area contributed by atoms with Gasteiger partial charge in [-0.3, -0.25) is 0 Å². The van der Waals surface area contributed by atoms with Gasteiger partial charge in [-0.1, -0.05) is 0 Å². The molecule has 4 nitrogen and oxygen atoms in total. The Labute approximate surface area is 103 Å². The second-order valence-corrected chi connectivity index (χ2v) is 5.69. The van der Waals surface area contributed by atoms with Crippen LogP contribution in [-0.2, 0) is 0 Å². The maximum Gasteiger partial charge on any atom is 0.135 e. The van der Waals surface area contributed by atoms with Crippen LogP contribution in [0.1, 0.15) is 18.9 Å². The van der Waals surface area contributed by atoms with Crippen molar-refractivity contribution in [1.82, 2.24) is 14.7 Å². The first-order chi connectivity index (χ1) is 7.25. The molecule has 82 valence electrons. The largest absolute Gasteiger partial charge is 0.383 e. The van der Waals surface area contributed by atoms with Gasteiger partial charge in [-0.25, -0.2) is 4.68 Å². The highest BCUT2D eigenvalue weighted by atomic mass is 127. The minimum Gasteiger partial charge on any atom is -0.383 e. The van der Waals surface area contributed by atoms with Gasteiger partial charge in [0.15, 0.2) is 0 Å². The van der Waals surface area contributed by atoms with Crippen LogP contribution in [0.4, 0.5) is 5.82 Å². The third kappa shape index (κ3) is 1.56. The molecule has 2 aliphatic heterocycles. The summed E-state index contributed by atoms with van der Waals surface area (Å²) < 4.78 is 3.13. The van der Waals surface area contributed by atoms with E-state index in [9.17, 15) is 0 Å². The monoisotopic (exact) mass is 318 g/mol. The fourth-order valence-corrected chi connectivity index (χ4v) is 3.24. The Morgan fingerprint density at radius 3 is 2.93 bits per heavy atom. The topological polar surface area (TPSA) is 47.1 Å². The highest BCUT2D eigenvalue weighted by molar-refractivity contribution is 14.1. The lowest BCUT2D eigenvalue weighted by molar-refractivity contribution is 0.196. The second-order valence-electron chi connectivity index (χ2n) is 4.53. The second kappa shape index (κ2) is 3.62. The Balaban J connectivity index is 1.90. The van der Waals surface area contributed by atoms with Crippen molar-refractivity contribution in [3.8, 4) is 0 Å². The van der Waals surface area contributed by atoms with Gasteiger partial charge in [-0.15, -0.1) is 0 Å². The number of rotatable bonds is 1. The molecule has 2 fully saturated rings. The Hall–Kier alpha value is -0.300. The minimum atomic E-state index is 0.535. The predicted octanol–water partition coefficient (Wildman–Crippen LogP) is 1.34. The molecule has 3 heterocycles. The SMILES string of the molecule is Nc1c(I)cnn1C1CCN2CCC1C2. The van der Waals surface area contributed by atoms with E-state index in [2.05, 4.69) is 37.3 Å². The molecule has 3 atom stereocenters. The van der Waals surface area contributed by atoms with Gasteiger partial charge >= 0.3 is 0 Å². The maximum absolute atomic E-state index is 6.04. The minimum absolute atomic E-state index is 0.535. The van der Waals surface area contributed by atoms with Crippen molar-refractivity contribution in [2.75, 3.05) is 25.4 Å². The van der Waals surface area contributed by atoms with E-state index in [1.54, 1.807) is 0 Å². The number of fused-ring (bicyclic) bond motifs is 2. The third-order valence-corrected chi connectivity index (χ3v) is 4.53. The number of piperidine rings is 1. The van der Waals surface area contributed by atoms with Gasteiger partial charge in [0.25, 0.3) is 0 Å². The average Bonchev–Trinajstić information content (AvgIpc) is 2.77. The molecular formula is C10H15IN4. The highest BCUT2D eigenvalue weighted by Gasteiger charge is 2.36. The lowest BCUT2D eigenvalue weighted by atomic mass is 9.94. The van der Waals surface area contributed by atoms with Crippen LogP contribution in [0.25, 0.3) is 0 Å². The summed E-state index contributed by atoms with van der Waals surface area (Å²) in [7, 11) is 0. The fraction of sp³-hybridized carbons (Fsp3) is 0.700. The Bertz CT molecular complexity index is 375. The first-order valence-electron chi connectivity index (χ1n) is 5.46. The molecule has 1 aromatic heterocycles. The molecule has 3 unspecified atom stereocenters. The summed E-state index contributed by atoms with van der Waals surface area (Å²) in [6.45, 7) is 3.71. The molecule has 0 amide bonds. The fourth-order valence-electron chi connectivity index (χ4n) is 2.87. The molecule has 15 heavy (non-hydrogen) atoms. The Morgan fingerprint density at radius 1 is 1.40 bits per heavy atom. The summed E-state index contributed by atoms with van der Waals surface area (Å²) in [6.07, 6.45) is 4.38. The molecule has 2 N–H and O–H groups in total. The van der Waals surface area contributed by atoms with E-state index in [-0.39, 0.29) is 0 Å². The molecule has 2 bridgehead atoms. The number of nitrogens with two attached hydrogens (primary N) is 1. The number of hydrogen-bond acceptors (Lipinski definition) is 3. The number of aromatic nitrogens is 2. The van der Waals surface area contributed by atoms with E-state index in [0.717, 1.165) is 15.3 Å². The molecule has 0 radical (unpaired) electrons. The molecule has 0 aliphatic carbocycles. The molecule has 2 saturated heterocycles. The summed E-state index contributed by atoms with van der Waals surface area (Å²) in [4.78, 5) is 2.55. The summed E-state index contributed by atoms with van der Waals surface area (Å²) in [5.74, 6) is 1.61. The zero-order chi connectivity index (χ0) is 10.4. The maximum atomic E-state index is 6.04. The average molecular weight is 318 g/mol. The number of hydrogen-bond donors (Lipinski definition) is 1. The van der Waals surface area contributed by atoms with Gasteiger partial charge in [0, 0.05) is 13.1 Å². The standard InChI is InChI=1S/C10H15IN4/c11-8-5-13-15(10(8)12)9-2-4-14-3-1-7(9)6-14/h5,7,9H,1-4,6,12H2. The summed E-state index contributed by atoms with van der Waals surface area (Å²) in [5.41, 5.74) is 6.04. The molecule has 0 aromatic carbocycles.